The minimum Gasteiger partial charge on any atom is -0.311 e. The van der Waals surface area contributed by atoms with E-state index in [1.165, 1.54) is 33.7 Å². The fourth-order valence-corrected chi connectivity index (χ4v) is 4.48. The molecule has 0 radical (unpaired) electrons. The Morgan fingerprint density at radius 3 is 2.56 bits per heavy atom. The summed E-state index contributed by atoms with van der Waals surface area (Å²) in [6, 6.07) is 21.4. The predicted octanol–water partition coefficient (Wildman–Crippen LogP) is 5.22. The van der Waals surface area contributed by atoms with Crippen molar-refractivity contribution in [2.24, 2.45) is 0 Å². The van der Waals surface area contributed by atoms with Crippen LogP contribution in [0.15, 0.2) is 82.7 Å². The summed E-state index contributed by atoms with van der Waals surface area (Å²) in [6.45, 7) is 0.160. The van der Waals surface area contributed by atoms with Crippen LogP contribution in [0.4, 0.5) is 10.1 Å². The summed E-state index contributed by atoms with van der Waals surface area (Å²) in [5.41, 5.74) is 1.26. The highest BCUT2D eigenvalue weighted by atomic mass is 35.5. The second-order valence-electron chi connectivity index (χ2n) is 7.25. The number of rotatable bonds is 7. The van der Waals surface area contributed by atoms with Gasteiger partial charge in [0.15, 0.2) is 5.16 Å². The van der Waals surface area contributed by atoms with E-state index in [1.807, 2.05) is 24.3 Å². The Morgan fingerprint density at radius 1 is 1.12 bits per heavy atom. The maximum absolute atomic E-state index is 13.4. The third-order valence-electron chi connectivity index (χ3n) is 5.03. The lowest BCUT2D eigenvalue weighted by Crippen LogP contribution is -2.33. The van der Waals surface area contributed by atoms with Crippen molar-refractivity contribution in [3.05, 3.63) is 94.0 Å². The van der Waals surface area contributed by atoms with Gasteiger partial charge in [-0.1, -0.05) is 41.6 Å². The van der Waals surface area contributed by atoms with E-state index in [-0.39, 0.29) is 30.2 Å². The quantitative estimate of drug-likeness (QED) is 0.261. The van der Waals surface area contributed by atoms with Crippen molar-refractivity contribution in [2.75, 3.05) is 17.2 Å². The van der Waals surface area contributed by atoms with Gasteiger partial charge in [-0.3, -0.25) is 14.2 Å². The highest BCUT2D eigenvalue weighted by molar-refractivity contribution is 7.99. The summed E-state index contributed by atoms with van der Waals surface area (Å²) in [5, 5.41) is 10.2. The third-order valence-corrected chi connectivity index (χ3v) is 6.18. The van der Waals surface area contributed by atoms with Crippen LogP contribution in [-0.4, -0.2) is 27.8 Å². The number of para-hydroxylation sites is 1. The molecule has 1 aromatic heterocycles. The normalized spacial score (nSPS) is 10.7. The summed E-state index contributed by atoms with van der Waals surface area (Å²) in [7, 11) is 0. The van der Waals surface area contributed by atoms with E-state index in [0.717, 1.165) is 11.8 Å². The molecule has 3 aromatic carbocycles. The molecule has 0 unspecified atom stereocenters. The number of anilines is 1. The van der Waals surface area contributed by atoms with Crippen LogP contribution < -0.4 is 10.5 Å². The van der Waals surface area contributed by atoms with Crippen molar-refractivity contribution in [1.29, 1.82) is 5.26 Å². The van der Waals surface area contributed by atoms with Gasteiger partial charge in [0.1, 0.15) is 5.82 Å². The monoisotopic (exact) mass is 492 g/mol. The van der Waals surface area contributed by atoms with Crippen molar-refractivity contribution in [3.8, 4) is 11.8 Å². The first-order valence-electron chi connectivity index (χ1n) is 10.3. The minimum absolute atomic E-state index is 0.0475. The number of nitriles is 1. The van der Waals surface area contributed by atoms with Crippen LogP contribution in [0, 0.1) is 17.1 Å². The van der Waals surface area contributed by atoms with Gasteiger partial charge in [0.25, 0.3) is 5.56 Å². The zero-order chi connectivity index (χ0) is 24.1. The Kier molecular flexibility index (Phi) is 7.26. The summed E-state index contributed by atoms with van der Waals surface area (Å²) < 4.78 is 14.8. The molecular weight excluding hydrogens is 475 g/mol. The van der Waals surface area contributed by atoms with Gasteiger partial charge in [0, 0.05) is 17.3 Å². The molecular formula is C25H18ClFN4O2S. The second kappa shape index (κ2) is 10.5. The Morgan fingerprint density at radius 2 is 1.85 bits per heavy atom. The van der Waals surface area contributed by atoms with Gasteiger partial charge in [-0.2, -0.15) is 5.26 Å². The molecule has 0 saturated carbocycles. The number of hydrogen-bond acceptors (Lipinski definition) is 5. The predicted molar refractivity (Wildman–Crippen MR) is 132 cm³/mol. The van der Waals surface area contributed by atoms with Crippen LogP contribution in [-0.2, 0) is 4.79 Å². The Balaban J connectivity index is 1.70. The average molecular weight is 493 g/mol. The van der Waals surface area contributed by atoms with Gasteiger partial charge in [0.05, 0.1) is 34.8 Å². The lowest BCUT2D eigenvalue weighted by atomic mass is 10.2. The number of benzene rings is 3. The highest BCUT2D eigenvalue weighted by Gasteiger charge is 2.19. The molecule has 0 aliphatic rings. The van der Waals surface area contributed by atoms with Crippen molar-refractivity contribution >= 4 is 45.9 Å². The van der Waals surface area contributed by atoms with E-state index in [0.29, 0.717) is 32.5 Å². The van der Waals surface area contributed by atoms with Gasteiger partial charge in [0.2, 0.25) is 5.91 Å². The Hall–Kier alpha value is -3.67. The molecule has 4 aromatic rings. The van der Waals surface area contributed by atoms with Crippen LogP contribution in [0.25, 0.3) is 16.6 Å². The molecule has 0 saturated heterocycles. The third kappa shape index (κ3) is 5.11. The van der Waals surface area contributed by atoms with Gasteiger partial charge >= 0.3 is 0 Å². The maximum Gasteiger partial charge on any atom is 0.266 e. The first-order chi connectivity index (χ1) is 16.5. The number of carbonyl (C=O) groups excluding carboxylic acids is 1. The number of aromatic nitrogens is 2. The lowest BCUT2D eigenvalue weighted by molar-refractivity contribution is -0.116. The van der Waals surface area contributed by atoms with E-state index in [1.54, 1.807) is 30.3 Å². The molecule has 4 rings (SSSR count). The summed E-state index contributed by atoms with van der Waals surface area (Å²) >= 11 is 7.21. The van der Waals surface area contributed by atoms with E-state index < -0.39 is 5.82 Å². The number of fused-ring (bicyclic) bond motifs is 1. The molecule has 0 spiro atoms. The Bertz CT molecular complexity index is 1440. The summed E-state index contributed by atoms with van der Waals surface area (Å²) in [4.78, 5) is 32.5. The highest BCUT2D eigenvalue weighted by Crippen LogP contribution is 2.24. The van der Waals surface area contributed by atoms with Gasteiger partial charge < -0.3 is 4.90 Å². The van der Waals surface area contributed by atoms with Gasteiger partial charge in [-0.05, 0) is 54.6 Å². The fraction of sp³-hybridized carbons (Fsp3) is 0.120. The summed E-state index contributed by atoms with van der Waals surface area (Å²) in [6.07, 6.45) is 0.120. The van der Waals surface area contributed by atoms with Crippen molar-refractivity contribution < 1.29 is 9.18 Å². The molecule has 0 bridgehead atoms. The molecule has 0 aliphatic heterocycles. The number of carbonyl (C=O) groups is 1. The minimum atomic E-state index is -0.420. The molecule has 34 heavy (non-hydrogen) atoms. The average Bonchev–Trinajstić information content (AvgIpc) is 2.84. The number of nitrogens with zero attached hydrogens (tertiary/aromatic N) is 4. The van der Waals surface area contributed by atoms with E-state index in [9.17, 15) is 14.0 Å². The molecule has 0 N–H and O–H groups in total. The summed E-state index contributed by atoms with van der Waals surface area (Å²) in [5.74, 6) is -0.766. The van der Waals surface area contributed by atoms with Crippen molar-refractivity contribution in [1.82, 2.24) is 9.55 Å². The first kappa shape index (κ1) is 23.5. The maximum atomic E-state index is 13.4. The van der Waals surface area contributed by atoms with Gasteiger partial charge in [-0.15, -0.1) is 0 Å². The number of halogens is 2. The number of hydrogen-bond donors (Lipinski definition) is 0. The zero-order valence-corrected chi connectivity index (χ0v) is 19.4. The standard InChI is InChI=1S/C25H18ClFN4O2S/c26-17-7-12-21-22(15-17)29-25(31(24(21)33)20-5-2-1-3-6-20)34-16-23(32)30(14-4-13-28)19-10-8-18(27)9-11-19/h1-3,5-12,15H,4,14,16H2. The molecule has 6 nitrogen and oxygen atoms in total. The van der Waals surface area contributed by atoms with Crippen LogP contribution in [0.2, 0.25) is 5.02 Å². The molecule has 0 atom stereocenters. The number of amides is 1. The molecule has 1 amide bonds. The molecule has 1 heterocycles. The van der Waals surface area contributed by atoms with Crippen molar-refractivity contribution in [3.63, 3.8) is 0 Å². The first-order valence-corrected chi connectivity index (χ1v) is 11.7. The largest absolute Gasteiger partial charge is 0.311 e. The lowest BCUT2D eigenvalue weighted by Gasteiger charge is -2.22. The van der Waals surface area contributed by atoms with Crippen LogP contribution in [0.5, 0.6) is 0 Å². The Labute approximate surface area is 204 Å². The molecule has 0 fully saturated rings. The topological polar surface area (TPSA) is 79.0 Å². The van der Waals surface area contributed by atoms with Crippen LogP contribution in [0.3, 0.4) is 0 Å². The smallest absolute Gasteiger partial charge is 0.266 e. The van der Waals surface area contributed by atoms with E-state index in [2.05, 4.69) is 4.98 Å². The molecule has 170 valence electrons. The second-order valence-corrected chi connectivity index (χ2v) is 8.63. The van der Waals surface area contributed by atoms with Gasteiger partial charge in [-0.25, -0.2) is 9.37 Å². The molecule has 0 aliphatic carbocycles. The molecule has 9 heteroatoms. The number of thioether (sulfide) groups is 1. The fourth-order valence-electron chi connectivity index (χ4n) is 3.42. The SMILES string of the molecule is N#CCCN(C(=O)CSc1nc2cc(Cl)ccc2c(=O)n1-c1ccccc1)c1ccc(F)cc1. The van der Waals surface area contributed by atoms with Crippen molar-refractivity contribution in [2.45, 2.75) is 11.6 Å². The van der Waals surface area contributed by atoms with Crippen LogP contribution >= 0.6 is 23.4 Å². The zero-order valence-electron chi connectivity index (χ0n) is 17.8. The van der Waals surface area contributed by atoms with E-state index >= 15 is 0 Å². The van der Waals surface area contributed by atoms with Crippen LogP contribution in [0.1, 0.15) is 6.42 Å². The van der Waals surface area contributed by atoms with E-state index in [4.69, 9.17) is 16.9 Å².